The standard InChI is InChI=1S/C2H4F3N.Na.H/c3-1(4)2(5)6;;/h1-2H,6H2;;/q;+1;-1. The molecule has 0 rings (SSSR count). The van der Waals surface area contributed by atoms with Crippen molar-refractivity contribution in [2.24, 2.45) is 5.73 Å². The third-order valence-electron chi connectivity index (χ3n) is 0.241. The van der Waals surface area contributed by atoms with E-state index in [1.165, 1.54) is 0 Å². The fourth-order valence-electron chi connectivity index (χ4n) is 0. The van der Waals surface area contributed by atoms with Crippen molar-refractivity contribution in [1.82, 2.24) is 0 Å². The van der Waals surface area contributed by atoms with Crippen LogP contribution in [0.25, 0.3) is 0 Å². The van der Waals surface area contributed by atoms with Gasteiger partial charge in [-0.2, -0.15) is 0 Å². The SMILES string of the molecule is NC(F)C(F)F.[H-].[Na+]. The number of rotatable bonds is 1. The Balaban J connectivity index is -0.000000125. The predicted molar refractivity (Wildman–Crippen MR) is 16.2 cm³/mol. The van der Waals surface area contributed by atoms with Gasteiger partial charge >= 0.3 is 29.6 Å². The first-order chi connectivity index (χ1) is 2.64. The zero-order valence-corrected chi connectivity index (χ0v) is 5.87. The molecule has 1 nitrogen and oxygen atoms in total. The molecule has 0 bridgehead atoms. The van der Waals surface area contributed by atoms with Gasteiger partial charge in [-0.15, -0.1) is 0 Å². The molecule has 0 saturated heterocycles. The first kappa shape index (κ1) is 10.7. The van der Waals surface area contributed by atoms with Gasteiger partial charge < -0.3 is 1.43 Å². The summed E-state index contributed by atoms with van der Waals surface area (Å²) in [5.41, 5.74) is 4.02. The first-order valence-electron chi connectivity index (χ1n) is 1.32. The number of hydrogen-bond acceptors (Lipinski definition) is 1. The summed E-state index contributed by atoms with van der Waals surface area (Å²) in [6.45, 7) is 0. The van der Waals surface area contributed by atoms with Crippen LogP contribution in [0.5, 0.6) is 0 Å². The van der Waals surface area contributed by atoms with Gasteiger partial charge in [0.2, 0.25) is 6.30 Å². The summed E-state index contributed by atoms with van der Waals surface area (Å²) in [5, 5.41) is 0. The summed E-state index contributed by atoms with van der Waals surface area (Å²) in [5.74, 6) is 0. The van der Waals surface area contributed by atoms with E-state index in [1.807, 2.05) is 0 Å². The molecule has 1 atom stereocenters. The van der Waals surface area contributed by atoms with Crippen LogP contribution < -0.4 is 35.3 Å². The molecule has 0 spiro atoms. The second-order valence-electron chi connectivity index (χ2n) is 0.779. The van der Waals surface area contributed by atoms with E-state index in [9.17, 15) is 13.2 Å². The molecule has 0 radical (unpaired) electrons. The van der Waals surface area contributed by atoms with E-state index in [4.69, 9.17) is 0 Å². The Bertz CT molecular complexity index is 38.3. The van der Waals surface area contributed by atoms with E-state index in [2.05, 4.69) is 5.73 Å². The fraction of sp³-hybridized carbons (Fsp3) is 1.00. The second-order valence-corrected chi connectivity index (χ2v) is 0.779. The smallest absolute Gasteiger partial charge is 1.00 e. The maximum atomic E-state index is 10.9. The molecule has 0 saturated carbocycles. The number of hydrogen-bond donors (Lipinski definition) is 1. The maximum absolute atomic E-state index is 10.9. The third-order valence-corrected chi connectivity index (χ3v) is 0.241. The minimum Gasteiger partial charge on any atom is -1.00 e. The summed E-state index contributed by atoms with van der Waals surface area (Å²) >= 11 is 0. The first-order valence-corrected chi connectivity index (χ1v) is 1.32. The predicted octanol–water partition coefficient (Wildman–Crippen LogP) is -2.38. The minimum absolute atomic E-state index is 0. The molecule has 0 aliphatic heterocycles. The largest absolute Gasteiger partial charge is 1.00 e. The van der Waals surface area contributed by atoms with Crippen molar-refractivity contribution in [2.45, 2.75) is 12.7 Å². The van der Waals surface area contributed by atoms with E-state index in [0.29, 0.717) is 0 Å². The Hall–Kier alpha value is 0.750. The summed E-state index contributed by atoms with van der Waals surface area (Å²) < 4.78 is 32.2. The van der Waals surface area contributed by atoms with Gasteiger partial charge in [0.1, 0.15) is 0 Å². The summed E-state index contributed by atoms with van der Waals surface area (Å²) in [7, 11) is 0. The van der Waals surface area contributed by atoms with Crippen LogP contribution in [0, 0.1) is 0 Å². The third kappa shape index (κ3) is 6.75. The van der Waals surface area contributed by atoms with Crippen LogP contribution in [0.1, 0.15) is 1.43 Å². The maximum Gasteiger partial charge on any atom is 1.00 e. The molecule has 7 heavy (non-hydrogen) atoms. The molecule has 0 aromatic heterocycles. The van der Waals surface area contributed by atoms with E-state index in [1.54, 1.807) is 0 Å². The van der Waals surface area contributed by atoms with Gasteiger partial charge in [-0.05, 0) is 0 Å². The van der Waals surface area contributed by atoms with Crippen LogP contribution in [0.15, 0.2) is 0 Å². The minimum atomic E-state index is -3.04. The molecule has 0 aromatic rings. The average molecular weight is 123 g/mol. The molecular formula is C2H5F3NNa. The molecule has 1 unspecified atom stereocenters. The molecule has 0 amide bonds. The molecule has 0 aliphatic carbocycles. The van der Waals surface area contributed by atoms with E-state index in [-0.39, 0.29) is 31.0 Å². The van der Waals surface area contributed by atoms with Crippen LogP contribution in [0.3, 0.4) is 0 Å². The number of alkyl halides is 3. The monoisotopic (exact) mass is 123 g/mol. The molecular weight excluding hydrogens is 118 g/mol. The van der Waals surface area contributed by atoms with Crippen LogP contribution in [0.4, 0.5) is 13.2 Å². The van der Waals surface area contributed by atoms with Gasteiger partial charge in [0.25, 0.3) is 6.43 Å². The van der Waals surface area contributed by atoms with E-state index < -0.39 is 12.7 Å². The van der Waals surface area contributed by atoms with Crippen LogP contribution >= 0.6 is 0 Å². The van der Waals surface area contributed by atoms with Crippen molar-refractivity contribution >= 4 is 0 Å². The molecule has 0 heterocycles. The van der Waals surface area contributed by atoms with Crippen LogP contribution in [0.2, 0.25) is 0 Å². The van der Waals surface area contributed by atoms with Crippen molar-refractivity contribution < 1.29 is 44.2 Å². The van der Waals surface area contributed by atoms with Gasteiger partial charge in [-0.25, -0.2) is 13.2 Å². The van der Waals surface area contributed by atoms with Crippen LogP contribution in [-0.2, 0) is 0 Å². The van der Waals surface area contributed by atoms with E-state index >= 15 is 0 Å². The Morgan fingerprint density at radius 1 is 1.29 bits per heavy atom. The zero-order chi connectivity index (χ0) is 5.15. The molecule has 0 fully saturated rings. The Morgan fingerprint density at radius 2 is 1.43 bits per heavy atom. The molecule has 5 heteroatoms. The van der Waals surface area contributed by atoms with Crippen molar-refractivity contribution in [3.63, 3.8) is 0 Å². The molecule has 2 N–H and O–H groups in total. The zero-order valence-electron chi connectivity index (χ0n) is 4.87. The fourth-order valence-corrected chi connectivity index (χ4v) is 0. The van der Waals surface area contributed by atoms with Crippen molar-refractivity contribution in [3.05, 3.63) is 0 Å². The summed E-state index contributed by atoms with van der Waals surface area (Å²) in [6, 6.07) is 0. The molecule has 40 valence electrons. The summed E-state index contributed by atoms with van der Waals surface area (Å²) in [4.78, 5) is 0. The topological polar surface area (TPSA) is 26.0 Å². The Labute approximate surface area is 62.8 Å². The van der Waals surface area contributed by atoms with Crippen molar-refractivity contribution in [1.29, 1.82) is 0 Å². The van der Waals surface area contributed by atoms with E-state index in [0.717, 1.165) is 0 Å². The average Bonchev–Trinajstić information content (AvgIpc) is 1.36. The second kappa shape index (κ2) is 4.90. The quantitative estimate of drug-likeness (QED) is 0.306. The van der Waals surface area contributed by atoms with Crippen LogP contribution in [-0.4, -0.2) is 12.7 Å². The summed E-state index contributed by atoms with van der Waals surface area (Å²) in [6.07, 6.45) is -5.52. The molecule has 0 aliphatic rings. The normalized spacial score (nSPS) is 13.3. The number of halogens is 3. The van der Waals surface area contributed by atoms with Crippen molar-refractivity contribution in [3.8, 4) is 0 Å². The van der Waals surface area contributed by atoms with Gasteiger partial charge in [0.15, 0.2) is 0 Å². The van der Waals surface area contributed by atoms with Gasteiger partial charge in [0, 0.05) is 0 Å². The Kier molecular flexibility index (Phi) is 7.47. The van der Waals surface area contributed by atoms with Gasteiger partial charge in [-0.1, -0.05) is 0 Å². The Morgan fingerprint density at radius 3 is 1.43 bits per heavy atom. The number of nitrogens with two attached hydrogens (primary N) is 1. The van der Waals surface area contributed by atoms with Crippen molar-refractivity contribution in [2.75, 3.05) is 0 Å². The van der Waals surface area contributed by atoms with Gasteiger partial charge in [-0.3, -0.25) is 5.73 Å². The molecule has 0 aromatic carbocycles. The van der Waals surface area contributed by atoms with Gasteiger partial charge in [0.05, 0.1) is 0 Å².